The number of carbonyl (C=O) groups excluding carboxylic acids is 1. The zero-order valence-electron chi connectivity index (χ0n) is 11.4. The zero-order valence-corrected chi connectivity index (χ0v) is 13.0. The van der Waals surface area contributed by atoms with Crippen LogP contribution in [0.25, 0.3) is 10.9 Å². The molecule has 4 N–H and O–H groups in total. The Morgan fingerprint density at radius 2 is 2.10 bits per heavy atom. The van der Waals surface area contributed by atoms with E-state index < -0.39 is 0 Å². The molecule has 1 heterocycles. The topological polar surface area (TPSA) is 70.9 Å². The second kappa shape index (κ2) is 5.26. The summed E-state index contributed by atoms with van der Waals surface area (Å²) in [4.78, 5) is 15.6. The van der Waals surface area contributed by atoms with Crippen molar-refractivity contribution in [3.05, 3.63) is 58.2 Å². The molecule has 0 saturated carbocycles. The Balaban J connectivity index is 1.97. The molecule has 4 nitrogen and oxygen atoms in total. The lowest BCUT2D eigenvalue weighted by molar-refractivity contribution is 0.102. The van der Waals surface area contributed by atoms with Gasteiger partial charge in [0.15, 0.2) is 0 Å². The molecular weight excluding hydrogens is 330 g/mol. The lowest BCUT2D eigenvalue weighted by atomic mass is 10.1. The molecule has 5 heteroatoms. The molecule has 0 aliphatic rings. The quantitative estimate of drug-likeness (QED) is 0.613. The van der Waals surface area contributed by atoms with E-state index in [1.807, 2.05) is 31.2 Å². The van der Waals surface area contributed by atoms with Crippen LogP contribution >= 0.6 is 15.9 Å². The van der Waals surface area contributed by atoms with Gasteiger partial charge in [-0.25, -0.2) is 0 Å². The van der Waals surface area contributed by atoms with Crippen molar-refractivity contribution in [1.82, 2.24) is 4.98 Å². The molecule has 106 valence electrons. The molecule has 3 rings (SSSR count). The van der Waals surface area contributed by atoms with Crippen LogP contribution in [0, 0.1) is 6.92 Å². The fraction of sp³-hybridized carbons (Fsp3) is 0.0625. The number of benzene rings is 2. The lowest BCUT2D eigenvalue weighted by Gasteiger charge is -2.08. The van der Waals surface area contributed by atoms with Crippen molar-refractivity contribution >= 4 is 44.1 Å². The monoisotopic (exact) mass is 343 g/mol. The van der Waals surface area contributed by atoms with Gasteiger partial charge in [0, 0.05) is 27.3 Å². The highest BCUT2D eigenvalue weighted by Gasteiger charge is 2.14. The van der Waals surface area contributed by atoms with Crippen LogP contribution in [-0.2, 0) is 0 Å². The van der Waals surface area contributed by atoms with E-state index in [1.54, 1.807) is 18.3 Å². The van der Waals surface area contributed by atoms with Gasteiger partial charge in [-0.1, -0.05) is 12.1 Å². The van der Waals surface area contributed by atoms with Crippen molar-refractivity contribution in [3.63, 3.8) is 0 Å². The van der Waals surface area contributed by atoms with Gasteiger partial charge < -0.3 is 16.0 Å². The molecule has 3 aromatic rings. The number of carbonyl (C=O) groups is 1. The van der Waals surface area contributed by atoms with Gasteiger partial charge >= 0.3 is 0 Å². The van der Waals surface area contributed by atoms with Crippen molar-refractivity contribution in [1.29, 1.82) is 0 Å². The number of hydrogen-bond donors (Lipinski definition) is 3. The smallest absolute Gasteiger partial charge is 0.257 e. The van der Waals surface area contributed by atoms with Crippen molar-refractivity contribution in [2.45, 2.75) is 6.92 Å². The number of aryl methyl sites for hydroxylation is 1. The molecule has 2 aromatic carbocycles. The van der Waals surface area contributed by atoms with Gasteiger partial charge in [-0.05, 0) is 52.7 Å². The summed E-state index contributed by atoms with van der Waals surface area (Å²) in [6.07, 6.45) is 1.70. The first-order chi connectivity index (χ1) is 10.1. The Labute approximate surface area is 130 Å². The first-order valence-corrected chi connectivity index (χ1v) is 7.28. The Bertz CT molecular complexity index is 839. The Kier molecular flexibility index (Phi) is 3.43. The third-order valence-corrected chi connectivity index (χ3v) is 4.44. The molecule has 0 spiro atoms. The van der Waals surface area contributed by atoms with Crippen LogP contribution in [0.2, 0.25) is 0 Å². The molecule has 0 aliphatic carbocycles. The predicted molar refractivity (Wildman–Crippen MR) is 89.5 cm³/mol. The molecule has 21 heavy (non-hydrogen) atoms. The molecule has 0 radical (unpaired) electrons. The number of aromatic amines is 1. The molecule has 0 saturated heterocycles. The summed E-state index contributed by atoms with van der Waals surface area (Å²) in [5.74, 6) is -0.168. The number of nitrogen functional groups attached to an aromatic ring is 1. The van der Waals surface area contributed by atoms with E-state index in [0.717, 1.165) is 26.6 Å². The summed E-state index contributed by atoms with van der Waals surface area (Å²) < 4.78 is 0.887. The summed E-state index contributed by atoms with van der Waals surface area (Å²) in [7, 11) is 0. The molecule has 0 fully saturated rings. The number of amides is 1. The maximum absolute atomic E-state index is 12.5. The maximum atomic E-state index is 12.5. The average Bonchev–Trinajstić information content (AvgIpc) is 2.87. The van der Waals surface area contributed by atoms with Crippen LogP contribution in [0.15, 0.2) is 47.1 Å². The maximum Gasteiger partial charge on any atom is 0.257 e. The predicted octanol–water partition coefficient (Wildman–Crippen LogP) is 4.07. The molecule has 0 unspecified atom stereocenters. The summed E-state index contributed by atoms with van der Waals surface area (Å²) in [6, 6.07) is 11.2. The summed E-state index contributed by atoms with van der Waals surface area (Å²) >= 11 is 3.49. The number of aromatic nitrogens is 1. The van der Waals surface area contributed by atoms with Crippen molar-refractivity contribution in [2.24, 2.45) is 0 Å². The van der Waals surface area contributed by atoms with Crippen LogP contribution in [-0.4, -0.2) is 10.9 Å². The largest absolute Gasteiger partial charge is 0.399 e. The Morgan fingerprint density at radius 3 is 2.90 bits per heavy atom. The summed E-state index contributed by atoms with van der Waals surface area (Å²) in [5.41, 5.74) is 9.70. The highest BCUT2D eigenvalue weighted by Crippen LogP contribution is 2.27. The zero-order chi connectivity index (χ0) is 15.0. The summed E-state index contributed by atoms with van der Waals surface area (Å²) in [5, 5.41) is 3.73. The standard InChI is InChI=1S/C16H14BrN3O/c1-9-3-2-4-14(15(9)17)20-16(21)12-8-19-13-6-5-10(18)7-11(12)13/h2-8,19H,18H2,1H3,(H,20,21). The number of rotatable bonds is 2. The molecule has 1 amide bonds. The Hall–Kier alpha value is -2.27. The molecular formula is C16H14BrN3O. The number of halogens is 1. The first-order valence-electron chi connectivity index (χ1n) is 6.49. The lowest BCUT2D eigenvalue weighted by Crippen LogP contribution is -2.12. The van der Waals surface area contributed by atoms with E-state index in [-0.39, 0.29) is 5.91 Å². The second-order valence-corrected chi connectivity index (χ2v) is 5.69. The molecule has 1 aromatic heterocycles. The highest BCUT2D eigenvalue weighted by molar-refractivity contribution is 9.10. The number of nitrogens with one attached hydrogen (secondary N) is 2. The van der Waals surface area contributed by atoms with Gasteiger partial charge in [-0.2, -0.15) is 0 Å². The number of nitrogens with two attached hydrogens (primary N) is 1. The number of H-pyrrole nitrogens is 1. The van der Waals surface area contributed by atoms with E-state index in [2.05, 4.69) is 26.2 Å². The fourth-order valence-electron chi connectivity index (χ4n) is 2.26. The SMILES string of the molecule is Cc1cccc(NC(=O)c2c[nH]c3ccc(N)cc23)c1Br. The third kappa shape index (κ3) is 2.52. The number of anilines is 2. The van der Waals surface area contributed by atoms with Crippen LogP contribution in [0.4, 0.5) is 11.4 Å². The minimum absolute atomic E-state index is 0.168. The first kappa shape index (κ1) is 13.7. The van der Waals surface area contributed by atoms with Crippen LogP contribution in [0.3, 0.4) is 0 Å². The Morgan fingerprint density at radius 1 is 1.29 bits per heavy atom. The minimum atomic E-state index is -0.168. The van der Waals surface area contributed by atoms with E-state index in [9.17, 15) is 4.79 Å². The van der Waals surface area contributed by atoms with Crippen LogP contribution in [0.1, 0.15) is 15.9 Å². The van der Waals surface area contributed by atoms with Gasteiger partial charge in [0.05, 0.1) is 11.3 Å². The third-order valence-electron chi connectivity index (χ3n) is 3.39. The number of fused-ring (bicyclic) bond motifs is 1. The van der Waals surface area contributed by atoms with Gasteiger partial charge in [0.1, 0.15) is 0 Å². The number of hydrogen-bond acceptors (Lipinski definition) is 2. The average molecular weight is 344 g/mol. The van der Waals surface area contributed by atoms with Gasteiger partial charge in [-0.3, -0.25) is 4.79 Å². The van der Waals surface area contributed by atoms with Gasteiger partial charge in [-0.15, -0.1) is 0 Å². The van der Waals surface area contributed by atoms with Crippen molar-refractivity contribution in [2.75, 3.05) is 11.1 Å². The minimum Gasteiger partial charge on any atom is -0.399 e. The van der Waals surface area contributed by atoms with E-state index >= 15 is 0 Å². The van der Waals surface area contributed by atoms with E-state index in [0.29, 0.717) is 11.3 Å². The molecule has 0 aliphatic heterocycles. The summed E-state index contributed by atoms with van der Waals surface area (Å²) in [6.45, 7) is 1.98. The van der Waals surface area contributed by atoms with E-state index in [4.69, 9.17) is 5.73 Å². The second-order valence-electron chi connectivity index (χ2n) is 4.90. The molecule has 0 atom stereocenters. The fourth-order valence-corrected chi connectivity index (χ4v) is 2.62. The van der Waals surface area contributed by atoms with Crippen molar-refractivity contribution in [3.8, 4) is 0 Å². The van der Waals surface area contributed by atoms with Gasteiger partial charge in [0.25, 0.3) is 5.91 Å². The van der Waals surface area contributed by atoms with Crippen LogP contribution < -0.4 is 11.1 Å². The van der Waals surface area contributed by atoms with Gasteiger partial charge in [0.2, 0.25) is 0 Å². The van der Waals surface area contributed by atoms with Crippen molar-refractivity contribution < 1.29 is 4.79 Å². The normalized spacial score (nSPS) is 10.8. The molecule has 0 bridgehead atoms. The highest BCUT2D eigenvalue weighted by atomic mass is 79.9. The van der Waals surface area contributed by atoms with Crippen LogP contribution in [0.5, 0.6) is 0 Å². The van der Waals surface area contributed by atoms with E-state index in [1.165, 1.54) is 0 Å².